The fourth-order valence-electron chi connectivity index (χ4n) is 4.04. The first-order valence-electron chi connectivity index (χ1n) is 11.6. The van der Waals surface area contributed by atoms with E-state index in [4.69, 9.17) is 4.74 Å². The van der Waals surface area contributed by atoms with Crippen LogP contribution >= 0.6 is 0 Å². The van der Waals surface area contributed by atoms with Crippen molar-refractivity contribution >= 4 is 17.8 Å². The normalized spacial score (nSPS) is 15.9. The highest BCUT2D eigenvalue weighted by Gasteiger charge is 2.34. The summed E-state index contributed by atoms with van der Waals surface area (Å²) in [5.41, 5.74) is 0.579. The summed E-state index contributed by atoms with van der Waals surface area (Å²) in [5.74, 6) is -2.73. The fraction of sp³-hybridized carbons (Fsp3) is 0.423. The molecule has 0 aromatic heterocycles. The standard InChI is InChI=1S/C26H30F2N2O4/c1-3-17(2)23(29-26(33)34-16-18-7-5-4-6-8-18)25(32)30-13-11-19(12-14-30)24(31)21-15-20(27)9-10-22(21)28/h4-10,15,17,19,23H,3,11-14,16H2,1-2H3,(H,29,33)/t17-,23-/m0/s1. The lowest BCUT2D eigenvalue weighted by Crippen LogP contribution is -2.53. The maximum Gasteiger partial charge on any atom is 0.408 e. The van der Waals surface area contributed by atoms with Crippen molar-refractivity contribution in [1.29, 1.82) is 0 Å². The maximum atomic E-state index is 14.0. The van der Waals surface area contributed by atoms with Crippen LogP contribution in [-0.2, 0) is 16.1 Å². The Hall–Kier alpha value is -3.29. The van der Waals surface area contributed by atoms with E-state index >= 15 is 0 Å². The molecule has 34 heavy (non-hydrogen) atoms. The molecule has 1 aliphatic rings. The number of hydrogen-bond acceptors (Lipinski definition) is 4. The minimum Gasteiger partial charge on any atom is -0.445 e. The molecule has 1 heterocycles. The van der Waals surface area contributed by atoms with Crippen LogP contribution in [-0.4, -0.2) is 41.8 Å². The fourth-order valence-corrected chi connectivity index (χ4v) is 4.04. The lowest BCUT2D eigenvalue weighted by Gasteiger charge is -2.35. The molecule has 8 heteroatoms. The molecule has 0 spiro atoms. The molecule has 1 saturated heterocycles. The Balaban J connectivity index is 1.58. The number of hydrogen-bond donors (Lipinski definition) is 1. The molecule has 2 aromatic carbocycles. The molecule has 2 atom stereocenters. The third-order valence-corrected chi connectivity index (χ3v) is 6.34. The summed E-state index contributed by atoms with van der Waals surface area (Å²) >= 11 is 0. The third kappa shape index (κ3) is 6.40. The molecule has 0 bridgehead atoms. The highest BCUT2D eigenvalue weighted by Crippen LogP contribution is 2.25. The van der Waals surface area contributed by atoms with E-state index in [9.17, 15) is 23.2 Å². The Morgan fingerprint density at radius 2 is 1.76 bits per heavy atom. The Morgan fingerprint density at radius 3 is 2.41 bits per heavy atom. The number of alkyl carbamates (subject to hydrolysis) is 1. The predicted octanol–water partition coefficient (Wildman–Crippen LogP) is 4.73. The number of halogens is 2. The number of ketones is 1. The number of piperidine rings is 1. The van der Waals surface area contributed by atoms with Crippen LogP contribution in [0.3, 0.4) is 0 Å². The molecular weight excluding hydrogens is 442 g/mol. The van der Waals surface area contributed by atoms with Crippen molar-refractivity contribution in [2.75, 3.05) is 13.1 Å². The van der Waals surface area contributed by atoms with Crippen molar-refractivity contribution in [3.8, 4) is 0 Å². The van der Waals surface area contributed by atoms with E-state index in [1.807, 2.05) is 44.2 Å². The number of nitrogens with one attached hydrogen (secondary N) is 1. The number of carbonyl (C=O) groups excluding carboxylic acids is 3. The van der Waals surface area contributed by atoms with Crippen LogP contribution in [0.4, 0.5) is 13.6 Å². The van der Waals surface area contributed by atoms with E-state index in [-0.39, 0.29) is 24.0 Å². The topological polar surface area (TPSA) is 75.7 Å². The summed E-state index contributed by atoms with van der Waals surface area (Å²) in [4.78, 5) is 39.9. The van der Waals surface area contributed by atoms with Gasteiger partial charge >= 0.3 is 6.09 Å². The molecule has 2 aromatic rings. The summed E-state index contributed by atoms with van der Waals surface area (Å²) in [6.45, 7) is 4.49. The van der Waals surface area contributed by atoms with Crippen molar-refractivity contribution in [3.63, 3.8) is 0 Å². The van der Waals surface area contributed by atoms with Gasteiger partial charge in [0.05, 0.1) is 5.56 Å². The van der Waals surface area contributed by atoms with Gasteiger partial charge in [0.1, 0.15) is 24.3 Å². The maximum absolute atomic E-state index is 14.0. The van der Waals surface area contributed by atoms with Crippen molar-refractivity contribution in [2.45, 2.75) is 45.8 Å². The summed E-state index contributed by atoms with van der Waals surface area (Å²) in [6, 6.07) is 11.3. The molecule has 0 radical (unpaired) electrons. The molecule has 2 amide bonds. The van der Waals surface area contributed by atoms with Crippen molar-refractivity contribution in [2.24, 2.45) is 11.8 Å². The van der Waals surface area contributed by atoms with Crippen LogP contribution in [0, 0.1) is 23.5 Å². The first kappa shape index (κ1) is 25.3. The third-order valence-electron chi connectivity index (χ3n) is 6.34. The Labute approximate surface area is 198 Å². The van der Waals surface area contributed by atoms with Gasteiger partial charge in [-0.3, -0.25) is 9.59 Å². The molecule has 1 fully saturated rings. The number of amides is 2. The predicted molar refractivity (Wildman–Crippen MR) is 123 cm³/mol. The van der Waals surface area contributed by atoms with Gasteiger partial charge in [-0.25, -0.2) is 13.6 Å². The summed E-state index contributed by atoms with van der Waals surface area (Å²) in [7, 11) is 0. The molecule has 1 N–H and O–H groups in total. The van der Waals surface area contributed by atoms with Crippen LogP contribution in [0.15, 0.2) is 48.5 Å². The van der Waals surface area contributed by atoms with E-state index in [1.54, 1.807) is 4.90 Å². The smallest absolute Gasteiger partial charge is 0.408 e. The minimum atomic E-state index is -0.763. The number of carbonyl (C=O) groups is 3. The summed E-state index contributed by atoms with van der Waals surface area (Å²) in [6.07, 6.45) is 0.677. The van der Waals surface area contributed by atoms with E-state index in [0.29, 0.717) is 32.4 Å². The zero-order valence-corrected chi connectivity index (χ0v) is 19.4. The molecule has 6 nitrogen and oxygen atoms in total. The first-order valence-corrected chi connectivity index (χ1v) is 11.6. The minimum absolute atomic E-state index is 0.0955. The van der Waals surface area contributed by atoms with Crippen molar-refractivity contribution in [3.05, 3.63) is 71.3 Å². The Morgan fingerprint density at radius 1 is 1.09 bits per heavy atom. The van der Waals surface area contributed by atoms with Crippen LogP contribution < -0.4 is 5.32 Å². The molecule has 3 rings (SSSR count). The van der Waals surface area contributed by atoms with Crippen LogP contribution in [0.5, 0.6) is 0 Å². The zero-order valence-electron chi connectivity index (χ0n) is 19.4. The SMILES string of the molecule is CC[C@H](C)[C@H](NC(=O)OCc1ccccc1)C(=O)N1CCC(C(=O)c2cc(F)ccc2F)CC1. The van der Waals surface area contributed by atoms with Gasteiger partial charge in [0.15, 0.2) is 5.78 Å². The number of rotatable bonds is 8. The lowest BCUT2D eigenvalue weighted by molar-refractivity contribution is -0.135. The molecule has 0 unspecified atom stereocenters. The summed E-state index contributed by atoms with van der Waals surface area (Å²) < 4.78 is 32.8. The highest BCUT2D eigenvalue weighted by molar-refractivity contribution is 5.98. The average molecular weight is 473 g/mol. The van der Waals surface area contributed by atoms with Crippen LogP contribution in [0.2, 0.25) is 0 Å². The largest absolute Gasteiger partial charge is 0.445 e. The van der Waals surface area contributed by atoms with E-state index in [0.717, 1.165) is 23.8 Å². The lowest BCUT2D eigenvalue weighted by atomic mass is 9.88. The van der Waals surface area contributed by atoms with Gasteiger partial charge < -0.3 is 15.0 Å². The second-order valence-corrected chi connectivity index (χ2v) is 8.66. The van der Waals surface area contributed by atoms with Gasteiger partial charge in [-0.1, -0.05) is 50.6 Å². The Bertz CT molecular complexity index is 1010. The molecule has 182 valence electrons. The average Bonchev–Trinajstić information content (AvgIpc) is 2.87. The zero-order chi connectivity index (χ0) is 24.7. The van der Waals surface area contributed by atoms with Crippen molar-refractivity contribution in [1.82, 2.24) is 10.2 Å². The second kappa shape index (κ2) is 11.7. The van der Waals surface area contributed by atoms with E-state index in [1.165, 1.54) is 0 Å². The second-order valence-electron chi connectivity index (χ2n) is 8.66. The summed E-state index contributed by atoms with van der Waals surface area (Å²) in [5, 5.41) is 2.70. The molecule has 1 aliphatic heterocycles. The number of likely N-dealkylation sites (tertiary alicyclic amines) is 1. The molecular formula is C26H30F2N2O4. The van der Waals surface area contributed by atoms with Gasteiger partial charge in [0, 0.05) is 19.0 Å². The Kier molecular flexibility index (Phi) is 8.73. The molecule has 0 aliphatic carbocycles. The first-order chi connectivity index (χ1) is 16.3. The van der Waals surface area contributed by atoms with Gasteiger partial charge in [-0.05, 0) is 42.5 Å². The van der Waals surface area contributed by atoms with Crippen LogP contribution in [0.1, 0.15) is 49.0 Å². The number of nitrogens with zero attached hydrogens (tertiary/aromatic N) is 1. The molecule has 0 saturated carbocycles. The van der Waals surface area contributed by atoms with Gasteiger partial charge in [0.2, 0.25) is 5.91 Å². The number of benzene rings is 2. The van der Waals surface area contributed by atoms with Crippen LogP contribution in [0.25, 0.3) is 0 Å². The van der Waals surface area contributed by atoms with E-state index < -0.39 is 35.5 Å². The van der Waals surface area contributed by atoms with Gasteiger partial charge in [-0.15, -0.1) is 0 Å². The van der Waals surface area contributed by atoms with Crippen molar-refractivity contribution < 1.29 is 27.9 Å². The number of ether oxygens (including phenoxy) is 1. The van der Waals surface area contributed by atoms with Gasteiger partial charge in [0.25, 0.3) is 0 Å². The monoisotopic (exact) mass is 472 g/mol. The number of Topliss-reactive ketones (excluding diaryl/α,β-unsaturated/α-hetero) is 1. The highest BCUT2D eigenvalue weighted by atomic mass is 19.1. The van der Waals surface area contributed by atoms with E-state index in [2.05, 4.69) is 5.32 Å². The van der Waals surface area contributed by atoms with Gasteiger partial charge in [-0.2, -0.15) is 0 Å². The quantitative estimate of drug-likeness (QED) is 0.564.